The van der Waals surface area contributed by atoms with Crippen molar-refractivity contribution in [1.29, 1.82) is 0 Å². The lowest BCUT2D eigenvalue weighted by molar-refractivity contribution is 0.551. The highest BCUT2D eigenvalue weighted by Gasteiger charge is 1.98. The molecular formula is C12H27OSi. The fourth-order valence-corrected chi connectivity index (χ4v) is 2.45. The predicted octanol–water partition coefficient (Wildman–Crippen LogP) is 4.13. The highest BCUT2D eigenvalue weighted by Crippen LogP contribution is 2.10. The smallest absolute Gasteiger partial charge is 0.203 e. The van der Waals surface area contributed by atoms with E-state index in [9.17, 15) is 0 Å². The summed E-state index contributed by atoms with van der Waals surface area (Å²) in [6.07, 6.45) is 12.4. The van der Waals surface area contributed by atoms with Crippen molar-refractivity contribution in [2.75, 3.05) is 0 Å². The molecule has 0 bridgehead atoms. The molecule has 0 aromatic heterocycles. The van der Waals surface area contributed by atoms with Gasteiger partial charge in [-0.3, -0.25) is 0 Å². The Bertz CT molecular complexity index is 104. The number of hydrogen-bond acceptors (Lipinski definition) is 1. The van der Waals surface area contributed by atoms with Gasteiger partial charge in [0, 0.05) is 0 Å². The fraction of sp³-hybridized carbons (Fsp3) is 1.00. The lowest BCUT2D eigenvalue weighted by Gasteiger charge is -2.02. The molecule has 0 aromatic rings. The van der Waals surface area contributed by atoms with Gasteiger partial charge in [-0.05, 0) is 12.6 Å². The molecule has 0 saturated carbocycles. The van der Waals surface area contributed by atoms with Gasteiger partial charge in [-0.1, -0.05) is 64.7 Å². The SMILES string of the molecule is CCCCCCCCCCC[Si](C)O. The molecule has 0 aliphatic heterocycles. The quantitative estimate of drug-likeness (QED) is 0.429. The van der Waals surface area contributed by atoms with Crippen molar-refractivity contribution in [3.63, 3.8) is 0 Å². The van der Waals surface area contributed by atoms with E-state index in [1.807, 2.05) is 6.55 Å². The van der Waals surface area contributed by atoms with Gasteiger partial charge in [-0.2, -0.15) is 0 Å². The Morgan fingerprint density at radius 1 is 0.786 bits per heavy atom. The van der Waals surface area contributed by atoms with E-state index in [0.717, 1.165) is 6.04 Å². The van der Waals surface area contributed by atoms with Crippen LogP contribution in [0.3, 0.4) is 0 Å². The van der Waals surface area contributed by atoms with Crippen LogP contribution in [-0.2, 0) is 0 Å². The summed E-state index contributed by atoms with van der Waals surface area (Å²) >= 11 is 0. The van der Waals surface area contributed by atoms with Crippen LogP contribution < -0.4 is 0 Å². The van der Waals surface area contributed by atoms with E-state index < -0.39 is 9.04 Å². The predicted molar refractivity (Wildman–Crippen MR) is 65.9 cm³/mol. The van der Waals surface area contributed by atoms with E-state index in [1.54, 1.807) is 0 Å². The Hall–Kier alpha value is 0.177. The van der Waals surface area contributed by atoms with Gasteiger partial charge in [-0.15, -0.1) is 0 Å². The molecule has 0 aliphatic carbocycles. The molecule has 0 aromatic carbocycles. The first-order valence-corrected chi connectivity index (χ1v) is 8.44. The monoisotopic (exact) mass is 215 g/mol. The minimum Gasteiger partial charge on any atom is -0.432 e. The van der Waals surface area contributed by atoms with Crippen molar-refractivity contribution < 1.29 is 4.80 Å². The molecule has 0 atom stereocenters. The molecule has 0 saturated heterocycles. The van der Waals surface area contributed by atoms with Gasteiger partial charge in [0.1, 0.15) is 0 Å². The van der Waals surface area contributed by atoms with Gasteiger partial charge in [0.05, 0.1) is 0 Å². The van der Waals surface area contributed by atoms with Crippen LogP contribution in [0.25, 0.3) is 0 Å². The van der Waals surface area contributed by atoms with E-state index in [4.69, 9.17) is 4.80 Å². The molecule has 0 fully saturated rings. The van der Waals surface area contributed by atoms with Gasteiger partial charge in [0.2, 0.25) is 9.04 Å². The van der Waals surface area contributed by atoms with Crippen molar-refractivity contribution >= 4 is 9.04 Å². The summed E-state index contributed by atoms with van der Waals surface area (Å²) < 4.78 is 0. The first-order chi connectivity index (χ1) is 6.77. The van der Waals surface area contributed by atoms with Gasteiger partial charge >= 0.3 is 0 Å². The molecule has 0 heterocycles. The van der Waals surface area contributed by atoms with E-state index in [0.29, 0.717) is 0 Å². The molecule has 0 aliphatic rings. The van der Waals surface area contributed by atoms with Crippen LogP contribution in [0, 0.1) is 0 Å². The molecule has 0 rings (SSSR count). The lowest BCUT2D eigenvalue weighted by atomic mass is 10.1. The zero-order valence-electron chi connectivity index (χ0n) is 10.0. The largest absolute Gasteiger partial charge is 0.432 e. The lowest BCUT2D eigenvalue weighted by Crippen LogP contribution is -2.03. The Morgan fingerprint density at radius 2 is 1.21 bits per heavy atom. The van der Waals surface area contributed by atoms with E-state index >= 15 is 0 Å². The topological polar surface area (TPSA) is 20.2 Å². The summed E-state index contributed by atoms with van der Waals surface area (Å²) in [6.45, 7) is 4.24. The van der Waals surface area contributed by atoms with Crippen molar-refractivity contribution in [2.45, 2.75) is 77.3 Å². The molecule has 0 unspecified atom stereocenters. The third-order valence-corrected chi connectivity index (χ3v) is 3.72. The van der Waals surface area contributed by atoms with Crippen molar-refractivity contribution in [1.82, 2.24) is 0 Å². The van der Waals surface area contributed by atoms with Gasteiger partial charge in [-0.25, -0.2) is 0 Å². The molecule has 14 heavy (non-hydrogen) atoms. The standard InChI is InChI=1S/C12H27OSi/c1-3-4-5-6-7-8-9-10-11-12-14(2)13/h13H,3-12H2,1-2H3. The van der Waals surface area contributed by atoms with Crippen molar-refractivity contribution in [2.24, 2.45) is 0 Å². The normalized spacial score (nSPS) is 11.1. The summed E-state index contributed by atoms with van der Waals surface area (Å²) in [5.74, 6) is 0. The highest BCUT2D eigenvalue weighted by atomic mass is 28.3. The van der Waals surface area contributed by atoms with Gasteiger partial charge in [0.25, 0.3) is 0 Å². The second-order valence-corrected chi connectivity index (χ2v) is 6.28. The van der Waals surface area contributed by atoms with E-state index in [1.165, 1.54) is 57.8 Å². The van der Waals surface area contributed by atoms with Crippen LogP contribution in [0.15, 0.2) is 0 Å². The number of hydrogen-bond donors (Lipinski definition) is 1. The minimum atomic E-state index is -0.939. The molecule has 2 heteroatoms. The Balaban J connectivity index is 2.85. The van der Waals surface area contributed by atoms with E-state index in [-0.39, 0.29) is 0 Å². The average Bonchev–Trinajstić information content (AvgIpc) is 2.15. The molecule has 85 valence electrons. The maximum Gasteiger partial charge on any atom is 0.203 e. The summed E-state index contributed by atoms with van der Waals surface area (Å²) in [5.41, 5.74) is 0. The first kappa shape index (κ1) is 14.2. The van der Waals surface area contributed by atoms with Crippen LogP contribution in [0.2, 0.25) is 12.6 Å². The van der Waals surface area contributed by atoms with Crippen molar-refractivity contribution in [3.8, 4) is 0 Å². The summed E-state index contributed by atoms with van der Waals surface area (Å²) in [4.78, 5) is 9.15. The molecular weight excluding hydrogens is 188 g/mol. The second kappa shape index (κ2) is 11.3. The fourth-order valence-electron chi connectivity index (χ4n) is 1.69. The molecule has 0 spiro atoms. The molecule has 1 N–H and O–H groups in total. The van der Waals surface area contributed by atoms with Crippen LogP contribution in [-0.4, -0.2) is 13.8 Å². The van der Waals surface area contributed by atoms with Gasteiger partial charge < -0.3 is 4.80 Å². The number of rotatable bonds is 10. The summed E-state index contributed by atoms with van der Waals surface area (Å²) in [7, 11) is -0.939. The Kier molecular flexibility index (Phi) is 11.4. The zero-order valence-corrected chi connectivity index (χ0v) is 11.0. The first-order valence-electron chi connectivity index (χ1n) is 6.28. The van der Waals surface area contributed by atoms with Crippen molar-refractivity contribution in [3.05, 3.63) is 0 Å². The maximum absolute atomic E-state index is 9.15. The Morgan fingerprint density at radius 3 is 1.64 bits per heavy atom. The highest BCUT2D eigenvalue weighted by molar-refractivity contribution is 6.48. The van der Waals surface area contributed by atoms with Crippen LogP contribution in [0.4, 0.5) is 0 Å². The molecule has 1 nitrogen and oxygen atoms in total. The minimum absolute atomic E-state index is 0.939. The number of unbranched alkanes of at least 4 members (excludes halogenated alkanes) is 8. The molecule has 1 radical (unpaired) electrons. The van der Waals surface area contributed by atoms with E-state index in [2.05, 4.69) is 6.92 Å². The summed E-state index contributed by atoms with van der Waals surface area (Å²) in [5, 5.41) is 0. The van der Waals surface area contributed by atoms with Crippen LogP contribution >= 0.6 is 0 Å². The maximum atomic E-state index is 9.15. The summed E-state index contributed by atoms with van der Waals surface area (Å²) in [6, 6.07) is 1.08. The Labute approximate surface area is 91.6 Å². The molecule has 0 amide bonds. The van der Waals surface area contributed by atoms with Gasteiger partial charge in [0.15, 0.2) is 0 Å². The second-order valence-electron chi connectivity index (χ2n) is 4.31. The third kappa shape index (κ3) is 12.2. The van der Waals surface area contributed by atoms with Crippen LogP contribution in [0.5, 0.6) is 0 Å². The average molecular weight is 215 g/mol. The zero-order chi connectivity index (χ0) is 10.6. The third-order valence-electron chi connectivity index (χ3n) is 2.64. The van der Waals surface area contributed by atoms with Crippen LogP contribution in [0.1, 0.15) is 64.7 Å².